The van der Waals surface area contributed by atoms with Gasteiger partial charge in [0.25, 0.3) is 5.91 Å². The summed E-state index contributed by atoms with van der Waals surface area (Å²) in [4.78, 5) is 51.7. The maximum atomic E-state index is 13.1. The van der Waals surface area contributed by atoms with Gasteiger partial charge < -0.3 is 19.2 Å². The summed E-state index contributed by atoms with van der Waals surface area (Å²) in [5.41, 5.74) is 2.11. The Morgan fingerprint density at radius 2 is 1.50 bits per heavy atom. The molecule has 0 spiro atoms. The monoisotopic (exact) mass is 505 g/mol. The van der Waals surface area contributed by atoms with E-state index in [2.05, 4.69) is 5.32 Å². The van der Waals surface area contributed by atoms with Crippen molar-refractivity contribution in [3.8, 4) is 5.75 Å². The second-order valence-corrected chi connectivity index (χ2v) is 8.70. The number of para-hydroxylation sites is 1. The molecule has 0 atom stereocenters. The number of hydrogen-bond donors (Lipinski definition) is 1. The molecule has 186 valence electrons. The summed E-state index contributed by atoms with van der Waals surface area (Å²) in [6.45, 7) is -0.622. The molecule has 1 aliphatic carbocycles. The van der Waals surface area contributed by atoms with Crippen molar-refractivity contribution in [2.45, 2.75) is 0 Å². The van der Waals surface area contributed by atoms with Crippen molar-refractivity contribution < 1.29 is 33.1 Å². The lowest BCUT2D eigenvalue weighted by atomic mass is 9.82. The fourth-order valence-corrected chi connectivity index (χ4v) is 4.73. The molecule has 0 fully saturated rings. The van der Waals surface area contributed by atoms with Crippen LogP contribution in [-0.4, -0.2) is 37.2 Å². The minimum Gasteiger partial charge on any atom is -0.495 e. The molecule has 0 unspecified atom stereocenters. The van der Waals surface area contributed by atoms with E-state index in [9.17, 15) is 19.2 Å². The minimum atomic E-state index is -0.891. The Morgan fingerprint density at radius 1 is 0.789 bits per heavy atom. The first-order chi connectivity index (χ1) is 18.5. The quantitative estimate of drug-likeness (QED) is 0.322. The second kappa shape index (κ2) is 9.01. The lowest BCUT2D eigenvalue weighted by Crippen LogP contribution is -2.26. The number of esters is 1. The molecule has 1 heterocycles. The van der Waals surface area contributed by atoms with Gasteiger partial charge in [-0.25, -0.2) is 4.79 Å². The summed E-state index contributed by atoms with van der Waals surface area (Å²) < 4.78 is 16.6. The van der Waals surface area contributed by atoms with Crippen molar-refractivity contribution in [1.29, 1.82) is 0 Å². The molecule has 5 aromatic rings. The van der Waals surface area contributed by atoms with E-state index in [0.717, 1.165) is 10.8 Å². The Morgan fingerprint density at radius 3 is 2.29 bits per heavy atom. The van der Waals surface area contributed by atoms with Crippen LogP contribution in [0.3, 0.4) is 0 Å². The van der Waals surface area contributed by atoms with Gasteiger partial charge in [0.05, 0.1) is 18.4 Å². The molecule has 38 heavy (non-hydrogen) atoms. The molecule has 1 aromatic heterocycles. The zero-order valence-electron chi connectivity index (χ0n) is 20.1. The van der Waals surface area contributed by atoms with Crippen molar-refractivity contribution in [1.82, 2.24) is 0 Å². The zero-order chi connectivity index (χ0) is 26.4. The Kier molecular flexibility index (Phi) is 5.49. The van der Waals surface area contributed by atoms with E-state index >= 15 is 0 Å². The molecule has 8 nitrogen and oxygen atoms in total. The smallest absolute Gasteiger partial charge is 0.339 e. The summed E-state index contributed by atoms with van der Waals surface area (Å²) >= 11 is 0. The first-order valence-corrected chi connectivity index (χ1v) is 11.7. The molecule has 4 aromatic carbocycles. The standard InChI is InChI=1S/C30H19NO7/c1-36-25-13-21-16-7-4-5-12-23(16)38-24(21)14-22(25)31-26(32)15-37-30(35)20-11-6-10-19-27(20)29(34)18-9-3-2-8-17(18)28(19)33/h2-14H,15H2,1H3,(H,31,32). The second-order valence-electron chi connectivity index (χ2n) is 8.70. The van der Waals surface area contributed by atoms with Gasteiger partial charge in [-0.3, -0.25) is 14.4 Å². The lowest BCUT2D eigenvalue weighted by molar-refractivity contribution is -0.119. The van der Waals surface area contributed by atoms with Gasteiger partial charge >= 0.3 is 5.97 Å². The van der Waals surface area contributed by atoms with E-state index in [0.29, 0.717) is 22.6 Å². The fourth-order valence-electron chi connectivity index (χ4n) is 4.73. The Labute approximate surface area is 215 Å². The van der Waals surface area contributed by atoms with Crippen LogP contribution >= 0.6 is 0 Å². The lowest BCUT2D eigenvalue weighted by Gasteiger charge is -2.19. The molecular formula is C30H19NO7. The van der Waals surface area contributed by atoms with Crippen LogP contribution in [0.5, 0.6) is 5.75 Å². The number of methoxy groups -OCH3 is 1. The molecule has 0 bridgehead atoms. The molecular weight excluding hydrogens is 486 g/mol. The molecule has 6 rings (SSSR count). The molecule has 8 heteroatoms. The maximum Gasteiger partial charge on any atom is 0.339 e. The number of amides is 1. The van der Waals surface area contributed by atoms with E-state index in [4.69, 9.17) is 13.9 Å². The molecule has 0 aliphatic heterocycles. The number of anilines is 1. The van der Waals surface area contributed by atoms with Gasteiger partial charge in [-0.2, -0.15) is 0 Å². The minimum absolute atomic E-state index is 0.0291. The van der Waals surface area contributed by atoms with Gasteiger partial charge in [-0.15, -0.1) is 0 Å². The first kappa shape index (κ1) is 23.2. The van der Waals surface area contributed by atoms with Crippen LogP contribution in [-0.2, 0) is 9.53 Å². The van der Waals surface area contributed by atoms with Gasteiger partial charge in [-0.1, -0.05) is 54.6 Å². The van der Waals surface area contributed by atoms with Gasteiger partial charge in [-0.05, 0) is 18.2 Å². The first-order valence-electron chi connectivity index (χ1n) is 11.7. The van der Waals surface area contributed by atoms with Crippen LogP contribution in [0.4, 0.5) is 5.69 Å². The van der Waals surface area contributed by atoms with Gasteiger partial charge in [0.15, 0.2) is 18.2 Å². The summed E-state index contributed by atoms with van der Waals surface area (Å²) in [5, 5.41) is 4.42. The van der Waals surface area contributed by atoms with Gasteiger partial charge in [0, 0.05) is 39.1 Å². The largest absolute Gasteiger partial charge is 0.495 e. The number of fused-ring (bicyclic) bond motifs is 5. The Hall–Kier alpha value is -5.24. The molecule has 1 amide bonds. The topological polar surface area (TPSA) is 112 Å². The van der Waals surface area contributed by atoms with Crippen LogP contribution in [0.2, 0.25) is 0 Å². The van der Waals surface area contributed by atoms with Gasteiger partial charge in [0.1, 0.15) is 16.9 Å². The highest BCUT2D eigenvalue weighted by Crippen LogP contribution is 2.36. The number of rotatable bonds is 5. The van der Waals surface area contributed by atoms with Crippen LogP contribution in [0.25, 0.3) is 21.9 Å². The molecule has 0 saturated carbocycles. The normalized spacial score (nSPS) is 12.2. The van der Waals surface area contributed by atoms with Crippen molar-refractivity contribution >= 4 is 51.1 Å². The number of furan rings is 1. The SMILES string of the molecule is COc1cc2c(cc1NC(=O)COC(=O)c1cccc3c1C(=O)c1ccccc1C3=O)oc1ccccc12. The predicted octanol–water partition coefficient (Wildman–Crippen LogP) is 5.17. The number of ketones is 2. The number of carbonyl (C=O) groups excluding carboxylic acids is 4. The number of hydrogen-bond acceptors (Lipinski definition) is 7. The zero-order valence-corrected chi connectivity index (χ0v) is 20.1. The average Bonchev–Trinajstić information content (AvgIpc) is 3.31. The highest BCUT2D eigenvalue weighted by atomic mass is 16.5. The van der Waals surface area contributed by atoms with E-state index in [-0.39, 0.29) is 33.6 Å². The van der Waals surface area contributed by atoms with Crippen LogP contribution in [0.15, 0.2) is 83.3 Å². The van der Waals surface area contributed by atoms with E-state index in [1.807, 2.05) is 24.3 Å². The summed E-state index contributed by atoms with van der Waals surface area (Å²) in [7, 11) is 1.48. The van der Waals surface area contributed by atoms with E-state index in [1.165, 1.54) is 25.3 Å². The third-order valence-corrected chi connectivity index (χ3v) is 6.48. The number of carbonyl (C=O) groups is 4. The highest BCUT2D eigenvalue weighted by Gasteiger charge is 2.33. The Bertz CT molecular complexity index is 1810. The highest BCUT2D eigenvalue weighted by molar-refractivity contribution is 6.30. The predicted molar refractivity (Wildman–Crippen MR) is 139 cm³/mol. The van der Waals surface area contributed by atoms with Gasteiger partial charge in [0.2, 0.25) is 0 Å². The van der Waals surface area contributed by atoms with E-state index in [1.54, 1.807) is 36.4 Å². The molecule has 0 radical (unpaired) electrons. The summed E-state index contributed by atoms with van der Waals surface area (Å²) in [5.74, 6) is -1.91. The fraction of sp³-hybridized carbons (Fsp3) is 0.0667. The Balaban J connectivity index is 1.22. The maximum absolute atomic E-state index is 13.1. The van der Waals surface area contributed by atoms with Crippen molar-refractivity contribution in [2.75, 3.05) is 19.0 Å². The summed E-state index contributed by atoms with van der Waals surface area (Å²) in [6, 6.07) is 21.8. The van der Waals surface area contributed by atoms with Crippen molar-refractivity contribution in [2.24, 2.45) is 0 Å². The average molecular weight is 505 g/mol. The van der Waals surface area contributed by atoms with Crippen LogP contribution in [0, 0.1) is 0 Å². The third-order valence-electron chi connectivity index (χ3n) is 6.48. The molecule has 1 N–H and O–H groups in total. The van der Waals surface area contributed by atoms with E-state index < -0.39 is 24.3 Å². The van der Waals surface area contributed by atoms with Crippen molar-refractivity contribution in [3.63, 3.8) is 0 Å². The third kappa shape index (κ3) is 3.70. The number of nitrogens with one attached hydrogen (secondary N) is 1. The number of ether oxygens (including phenoxy) is 2. The molecule has 0 saturated heterocycles. The van der Waals surface area contributed by atoms with Crippen LogP contribution < -0.4 is 10.1 Å². The summed E-state index contributed by atoms with van der Waals surface area (Å²) in [6.07, 6.45) is 0. The van der Waals surface area contributed by atoms with Crippen LogP contribution in [0.1, 0.15) is 42.2 Å². The molecule has 1 aliphatic rings. The van der Waals surface area contributed by atoms with Crippen molar-refractivity contribution in [3.05, 3.63) is 107 Å². The number of benzene rings is 4.